The van der Waals surface area contributed by atoms with Crippen molar-refractivity contribution in [3.63, 3.8) is 0 Å². The molecule has 112 valence electrons. The minimum absolute atomic E-state index is 0.0336. The lowest BCUT2D eigenvalue weighted by molar-refractivity contribution is -0.0553. The third kappa shape index (κ3) is 3.45. The van der Waals surface area contributed by atoms with E-state index in [4.69, 9.17) is 9.15 Å². The first-order valence-electron chi connectivity index (χ1n) is 7.45. The van der Waals surface area contributed by atoms with Gasteiger partial charge in [0.25, 0.3) is 0 Å². The van der Waals surface area contributed by atoms with Gasteiger partial charge in [0.05, 0.1) is 5.60 Å². The number of nitrogens with zero attached hydrogens (tertiary/aromatic N) is 1. The van der Waals surface area contributed by atoms with E-state index in [1.165, 1.54) is 0 Å². The van der Waals surface area contributed by atoms with Gasteiger partial charge in [0.1, 0.15) is 12.0 Å². The topological polar surface area (TPSA) is 47.3 Å². The van der Waals surface area contributed by atoms with Gasteiger partial charge in [-0.05, 0) is 38.8 Å². The highest BCUT2D eigenvalue weighted by Gasteiger charge is 2.28. The molecule has 0 bridgehead atoms. The molecule has 1 aromatic heterocycles. The van der Waals surface area contributed by atoms with Crippen LogP contribution in [-0.4, -0.2) is 23.2 Å². The number of rotatable bonds is 3. The molecular weight excluding hydrogens is 264 g/mol. The molecular formula is C17H22N2O2. The lowest BCUT2D eigenvalue weighted by atomic mass is 9.94. The fraction of sp³-hybridized carbons (Fsp3) is 0.471. The minimum Gasteiger partial charge on any atom is -0.449 e. The summed E-state index contributed by atoms with van der Waals surface area (Å²) in [5, 5.41) is 3.60. The Morgan fingerprint density at radius 1 is 1.24 bits per heavy atom. The molecule has 1 aliphatic heterocycles. The Kier molecular flexibility index (Phi) is 3.72. The van der Waals surface area contributed by atoms with Crippen LogP contribution in [0.15, 0.2) is 34.9 Å². The Morgan fingerprint density at radius 2 is 2.00 bits per heavy atom. The smallest absolute Gasteiger partial charge is 0.191 e. The first kappa shape index (κ1) is 14.1. The summed E-state index contributed by atoms with van der Waals surface area (Å²) in [6, 6.07) is 8.81. The van der Waals surface area contributed by atoms with Crippen LogP contribution in [0.4, 0.5) is 5.69 Å². The summed E-state index contributed by atoms with van der Waals surface area (Å²) >= 11 is 0. The van der Waals surface area contributed by atoms with Crippen molar-refractivity contribution >= 4 is 5.69 Å². The lowest BCUT2D eigenvalue weighted by Gasteiger charge is -2.36. The highest BCUT2D eigenvalue weighted by Crippen LogP contribution is 2.27. The molecule has 1 atom stereocenters. The number of anilines is 1. The number of ether oxygens (including phenoxy) is 1. The predicted octanol–water partition coefficient (Wildman–Crippen LogP) is 4.02. The third-order valence-electron chi connectivity index (χ3n) is 3.87. The normalized spacial score (nSPS) is 21.2. The highest BCUT2D eigenvalue weighted by molar-refractivity contribution is 5.62. The highest BCUT2D eigenvalue weighted by atomic mass is 16.5. The van der Waals surface area contributed by atoms with Crippen molar-refractivity contribution in [1.82, 2.24) is 4.98 Å². The maximum Gasteiger partial charge on any atom is 0.191 e. The molecule has 4 heteroatoms. The molecule has 1 saturated heterocycles. The van der Waals surface area contributed by atoms with Crippen molar-refractivity contribution in [3.05, 3.63) is 36.4 Å². The molecule has 0 amide bonds. The molecule has 0 spiro atoms. The first-order valence-corrected chi connectivity index (χ1v) is 7.45. The molecule has 2 aromatic rings. The summed E-state index contributed by atoms with van der Waals surface area (Å²) in [6.07, 6.45) is 3.77. The maximum absolute atomic E-state index is 5.75. The van der Waals surface area contributed by atoms with Crippen LogP contribution in [0.5, 0.6) is 0 Å². The summed E-state index contributed by atoms with van der Waals surface area (Å²) in [6.45, 7) is 6.97. The van der Waals surface area contributed by atoms with Gasteiger partial charge in [-0.2, -0.15) is 0 Å². The summed E-state index contributed by atoms with van der Waals surface area (Å²) in [5.74, 6) is 0.691. The molecule has 1 aliphatic rings. The average molecular weight is 286 g/mol. The standard InChI is InChI=1S/C17H22N2O2/c1-12-18-16(11-20-12)13-4-6-14(7-5-13)19-15-8-9-21-17(2,3)10-15/h4-7,11,15,19H,8-10H2,1-3H3. The second kappa shape index (κ2) is 5.53. The van der Waals surface area contributed by atoms with Crippen LogP contribution >= 0.6 is 0 Å². The Morgan fingerprint density at radius 3 is 2.62 bits per heavy atom. The van der Waals surface area contributed by atoms with Gasteiger partial charge in [-0.25, -0.2) is 4.98 Å². The Bertz CT molecular complexity index is 602. The Labute approximate surface area is 125 Å². The van der Waals surface area contributed by atoms with Gasteiger partial charge >= 0.3 is 0 Å². The summed E-state index contributed by atoms with van der Waals surface area (Å²) < 4.78 is 11.0. The molecule has 1 N–H and O–H groups in total. The minimum atomic E-state index is -0.0336. The van der Waals surface area contributed by atoms with Gasteiger partial charge in [0.15, 0.2) is 5.89 Å². The molecule has 0 radical (unpaired) electrons. The second-order valence-corrected chi connectivity index (χ2v) is 6.27. The molecule has 21 heavy (non-hydrogen) atoms. The maximum atomic E-state index is 5.75. The molecule has 1 fully saturated rings. The van der Waals surface area contributed by atoms with Crippen molar-refractivity contribution in [2.45, 2.75) is 45.3 Å². The number of aromatic nitrogens is 1. The number of oxazole rings is 1. The largest absolute Gasteiger partial charge is 0.449 e. The molecule has 4 nitrogen and oxygen atoms in total. The number of aryl methyl sites for hydroxylation is 1. The van der Waals surface area contributed by atoms with Crippen LogP contribution < -0.4 is 5.32 Å². The van der Waals surface area contributed by atoms with E-state index in [9.17, 15) is 0 Å². The SMILES string of the molecule is Cc1nc(-c2ccc(NC3CCOC(C)(C)C3)cc2)co1. The van der Waals surface area contributed by atoms with E-state index in [0.717, 1.165) is 36.4 Å². The van der Waals surface area contributed by atoms with Crippen LogP contribution in [0.2, 0.25) is 0 Å². The monoisotopic (exact) mass is 286 g/mol. The molecule has 3 rings (SSSR count). The van der Waals surface area contributed by atoms with Gasteiger partial charge in [-0.1, -0.05) is 12.1 Å². The van der Waals surface area contributed by atoms with E-state index in [1.54, 1.807) is 6.26 Å². The Hall–Kier alpha value is -1.81. The second-order valence-electron chi connectivity index (χ2n) is 6.27. The van der Waals surface area contributed by atoms with Gasteiger partial charge < -0.3 is 14.5 Å². The zero-order chi connectivity index (χ0) is 14.9. The number of benzene rings is 1. The van der Waals surface area contributed by atoms with Gasteiger partial charge in [0, 0.05) is 30.8 Å². The van der Waals surface area contributed by atoms with Crippen LogP contribution in [0.25, 0.3) is 11.3 Å². The quantitative estimate of drug-likeness (QED) is 0.925. The van der Waals surface area contributed by atoms with Crippen molar-refractivity contribution in [3.8, 4) is 11.3 Å². The Balaban J connectivity index is 1.67. The van der Waals surface area contributed by atoms with Crippen LogP contribution in [0, 0.1) is 6.92 Å². The summed E-state index contributed by atoms with van der Waals surface area (Å²) in [7, 11) is 0. The molecule has 0 saturated carbocycles. The molecule has 0 aliphatic carbocycles. The fourth-order valence-corrected chi connectivity index (χ4v) is 2.82. The van der Waals surface area contributed by atoms with E-state index < -0.39 is 0 Å². The third-order valence-corrected chi connectivity index (χ3v) is 3.87. The molecule has 2 heterocycles. The van der Waals surface area contributed by atoms with Crippen LogP contribution in [0.1, 0.15) is 32.6 Å². The van der Waals surface area contributed by atoms with E-state index in [0.29, 0.717) is 11.9 Å². The lowest BCUT2D eigenvalue weighted by Crippen LogP contribution is -2.40. The zero-order valence-corrected chi connectivity index (χ0v) is 12.8. The van der Waals surface area contributed by atoms with Gasteiger partial charge in [-0.3, -0.25) is 0 Å². The number of nitrogens with one attached hydrogen (secondary N) is 1. The van der Waals surface area contributed by atoms with Gasteiger partial charge in [-0.15, -0.1) is 0 Å². The summed E-state index contributed by atoms with van der Waals surface area (Å²) in [5.41, 5.74) is 3.06. The van der Waals surface area contributed by atoms with Crippen molar-refractivity contribution in [2.75, 3.05) is 11.9 Å². The van der Waals surface area contributed by atoms with Crippen molar-refractivity contribution in [2.24, 2.45) is 0 Å². The number of hydrogen-bond donors (Lipinski definition) is 1. The van der Waals surface area contributed by atoms with E-state index in [-0.39, 0.29) is 5.60 Å². The van der Waals surface area contributed by atoms with Crippen LogP contribution in [-0.2, 0) is 4.74 Å². The fourth-order valence-electron chi connectivity index (χ4n) is 2.82. The molecule has 1 unspecified atom stereocenters. The zero-order valence-electron chi connectivity index (χ0n) is 12.8. The van der Waals surface area contributed by atoms with E-state index in [1.807, 2.05) is 6.92 Å². The van der Waals surface area contributed by atoms with Crippen molar-refractivity contribution in [1.29, 1.82) is 0 Å². The average Bonchev–Trinajstić information content (AvgIpc) is 2.85. The van der Waals surface area contributed by atoms with Gasteiger partial charge in [0.2, 0.25) is 0 Å². The first-order chi connectivity index (χ1) is 10.0. The van der Waals surface area contributed by atoms with E-state index in [2.05, 4.69) is 48.4 Å². The predicted molar refractivity (Wildman–Crippen MR) is 83.4 cm³/mol. The van der Waals surface area contributed by atoms with Crippen LogP contribution in [0.3, 0.4) is 0 Å². The molecule has 1 aromatic carbocycles. The van der Waals surface area contributed by atoms with E-state index >= 15 is 0 Å². The van der Waals surface area contributed by atoms with Crippen molar-refractivity contribution < 1.29 is 9.15 Å². The number of hydrogen-bond acceptors (Lipinski definition) is 4. The summed E-state index contributed by atoms with van der Waals surface area (Å²) in [4.78, 5) is 4.34.